The zero-order valence-electron chi connectivity index (χ0n) is 16.9. The Morgan fingerprint density at radius 3 is 1.88 bits per heavy atom. The summed E-state index contributed by atoms with van der Waals surface area (Å²) in [7, 11) is 0. The maximum absolute atomic E-state index is 10.4. The van der Waals surface area contributed by atoms with E-state index in [1.165, 1.54) is 70.6 Å². The van der Waals surface area contributed by atoms with Crippen molar-refractivity contribution in [1.29, 1.82) is 0 Å². The van der Waals surface area contributed by atoms with Crippen LogP contribution in [0.1, 0.15) is 84.0 Å². The molecule has 0 aromatic heterocycles. The van der Waals surface area contributed by atoms with Crippen molar-refractivity contribution in [3.05, 3.63) is 0 Å². The van der Waals surface area contributed by atoms with Gasteiger partial charge < -0.3 is 20.6 Å². The van der Waals surface area contributed by atoms with Crippen LogP contribution in [0, 0.1) is 0 Å². The van der Waals surface area contributed by atoms with E-state index in [1.807, 2.05) is 0 Å². The summed E-state index contributed by atoms with van der Waals surface area (Å²) in [5.74, 6) is 0. The van der Waals surface area contributed by atoms with Crippen LogP contribution in [0.15, 0.2) is 0 Å². The number of nitrogens with zero attached hydrogens (tertiary/aromatic N) is 1. The Labute approximate surface area is 157 Å². The van der Waals surface area contributed by atoms with Crippen LogP contribution >= 0.6 is 0 Å². The predicted octanol–water partition coefficient (Wildman–Crippen LogP) is 3.54. The molecule has 1 heterocycles. The van der Waals surface area contributed by atoms with Crippen LogP contribution in [-0.4, -0.2) is 61.9 Å². The second kappa shape index (κ2) is 17.3. The second-order valence-corrected chi connectivity index (χ2v) is 7.78. The van der Waals surface area contributed by atoms with Crippen LogP contribution in [0.4, 0.5) is 0 Å². The number of β-amino-alcohol motifs (C(OH)–C–C–N with tert-alkyl or cyclic N) is 1. The number of unbranched alkanes of at least 4 members (excludes halogenated alkanes) is 7. The standard InChI is InChI=1S/C21H45N3O/c1-2-3-4-5-6-7-8-9-13-21(25)20-24-18-11-16-22-14-10-15-23-17-12-19-24/h21-23,25H,2-20H2,1H3. The molecule has 0 spiro atoms. The van der Waals surface area contributed by atoms with E-state index in [9.17, 15) is 5.11 Å². The number of hydrogen-bond donors (Lipinski definition) is 3. The highest BCUT2D eigenvalue weighted by Crippen LogP contribution is 2.11. The number of aliphatic hydroxyl groups is 1. The molecule has 25 heavy (non-hydrogen) atoms. The fraction of sp³-hybridized carbons (Fsp3) is 1.00. The molecule has 150 valence electrons. The zero-order valence-corrected chi connectivity index (χ0v) is 16.9. The molecular formula is C21H45N3O. The first-order chi connectivity index (χ1) is 12.3. The minimum Gasteiger partial charge on any atom is -0.392 e. The molecule has 1 fully saturated rings. The zero-order chi connectivity index (χ0) is 18.0. The smallest absolute Gasteiger partial charge is 0.0667 e. The Hall–Kier alpha value is -0.160. The Morgan fingerprint density at radius 2 is 1.28 bits per heavy atom. The largest absolute Gasteiger partial charge is 0.392 e. The van der Waals surface area contributed by atoms with Gasteiger partial charge in [0, 0.05) is 6.54 Å². The number of nitrogens with one attached hydrogen (secondary N) is 2. The highest BCUT2D eigenvalue weighted by molar-refractivity contribution is 4.68. The van der Waals surface area contributed by atoms with Gasteiger partial charge in [0.15, 0.2) is 0 Å². The summed E-state index contributed by atoms with van der Waals surface area (Å²) in [6, 6.07) is 0. The molecule has 0 saturated carbocycles. The van der Waals surface area contributed by atoms with E-state index < -0.39 is 0 Å². The third-order valence-electron chi connectivity index (χ3n) is 5.22. The van der Waals surface area contributed by atoms with Crippen LogP contribution in [0.2, 0.25) is 0 Å². The fourth-order valence-corrected chi connectivity index (χ4v) is 3.64. The van der Waals surface area contributed by atoms with E-state index in [0.29, 0.717) is 0 Å². The Morgan fingerprint density at radius 1 is 0.760 bits per heavy atom. The summed E-state index contributed by atoms with van der Waals surface area (Å²) >= 11 is 0. The van der Waals surface area contributed by atoms with E-state index in [4.69, 9.17) is 0 Å². The van der Waals surface area contributed by atoms with Crippen LogP contribution < -0.4 is 10.6 Å². The topological polar surface area (TPSA) is 47.5 Å². The first-order valence-corrected chi connectivity index (χ1v) is 11.1. The lowest BCUT2D eigenvalue weighted by Crippen LogP contribution is -2.37. The summed E-state index contributed by atoms with van der Waals surface area (Å²) in [5.41, 5.74) is 0. The van der Waals surface area contributed by atoms with Gasteiger partial charge in [-0.25, -0.2) is 0 Å². The third-order valence-corrected chi connectivity index (χ3v) is 5.22. The van der Waals surface area contributed by atoms with Crippen LogP contribution in [0.3, 0.4) is 0 Å². The van der Waals surface area contributed by atoms with Gasteiger partial charge in [0.05, 0.1) is 6.10 Å². The van der Waals surface area contributed by atoms with Crippen molar-refractivity contribution in [3.8, 4) is 0 Å². The minimum absolute atomic E-state index is 0.145. The van der Waals surface area contributed by atoms with Crippen molar-refractivity contribution in [2.75, 3.05) is 45.8 Å². The molecule has 1 rings (SSSR count). The van der Waals surface area contributed by atoms with Crippen molar-refractivity contribution in [2.24, 2.45) is 0 Å². The van der Waals surface area contributed by atoms with Gasteiger partial charge in [0.25, 0.3) is 0 Å². The fourth-order valence-electron chi connectivity index (χ4n) is 3.64. The van der Waals surface area contributed by atoms with Gasteiger partial charge in [-0.05, 0) is 65.0 Å². The molecule has 0 radical (unpaired) electrons. The normalized spacial score (nSPS) is 19.9. The van der Waals surface area contributed by atoms with Crippen molar-refractivity contribution in [2.45, 2.75) is 90.1 Å². The van der Waals surface area contributed by atoms with E-state index >= 15 is 0 Å². The molecule has 4 heteroatoms. The van der Waals surface area contributed by atoms with Crippen molar-refractivity contribution in [1.82, 2.24) is 15.5 Å². The van der Waals surface area contributed by atoms with Gasteiger partial charge in [-0.1, -0.05) is 58.3 Å². The van der Waals surface area contributed by atoms with Gasteiger partial charge in [0.2, 0.25) is 0 Å². The number of aliphatic hydroxyl groups excluding tert-OH is 1. The van der Waals surface area contributed by atoms with Crippen molar-refractivity contribution >= 4 is 0 Å². The lowest BCUT2D eigenvalue weighted by atomic mass is 10.1. The third kappa shape index (κ3) is 14.7. The molecule has 1 saturated heterocycles. The minimum atomic E-state index is -0.145. The Balaban J connectivity index is 2.07. The summed E-state index contributed by atoms with van der Waals surface area (Å²) < 4.78 is 0. The molecule has 1 unspecified atom stereocenters. The molecule has 0 aromatic rings. The van der Waals surface area contributed by atoms with E-state index in [-0.39, 0.29) is 6.10 Å². The lowest BCUT2D eigenvalue weighted by molar-refractivity contribution is 0.101. The van der Waals surface area contributed by atoms with Gasteiger partial charge in [-0.2, -0.15) is 0 Å². The SMILES string of the molecule is CCCCCCCCCCC(O)CN1CCCNCCCNCCC1. The van der Waals surface area contributed by atoms with E-state index in [0.717, 1.165) is 52.2 Å². The lowest BCUT2D eigenvalue weighted by Gasteiger charge is -2.26. The monoisotopic (exact) mass is 355 g/mol. The molecule has 0 bridgehead atoms. The predicted molar refractivity (Wildman–Crippen MR) is 109 cm³/mol. The Kier molecular flexibility index (Phi) is 15.8. The maximum Gasteiger partial charge on any atom is 0.0667 e. The molecular weight excluding hydrogens is 310 g/mol. The number of hydrogen-bond acceptors (Lipinski definition) is 4. The van der Waals surface area contributed by atoms with Gasteiger partial charge in [-0.3, -0.25) is 0 Å². The summed E-state index contributed by atoms with van der Waals surface area (Å²) in [5, 5.41) is 17.4. The summed E-state index contributed by atoms with van der Waals surface area (Å²) in [6.07, 6.45) is 15.1. The average molecular weight is 356 g/mol. The van der Waals surface area contributed by atoms with Gasteiger partial charge in [-0.15, -0.1) is 0 Å². The maximum atomic E-state index is 10.4. The molecule has 3 N–H and O–H groups in total. The van der Waals surface area contributed by atoms with Crippen molar-refractivity contribution in [3.63, 3.8) is 0 Å². The first kappa shape index (κ1) is 22.9. The van der Waals surface area contributed by atoms with Gasteiger partial charge >= 0.3 is 0 Å². The van der Waals surface area contributed by atoms with E-state index in [1.54, 1.807) is 0 Å². The molecule has 4 nitrogen and oxygen atoms in total. The Bertz CT molecular complexity index is 264. The number of rotatable bonds is 11. The highest BCUT2D eigenvalue weighted by atomic mass is 16.3. The summed E-state index contributed by atoms with van der Waals surface area (Å²) in [6.45, 7) is 9.80. The van der Waals surface area contributed by atoms with Crippen LogP contribution in [0.5, 0.6) is 0 Å². The molecule has 1 aliphatic heterocycles. The molecule has 0 aromatic carbocycles. The van der Waals surface area contributed by atoms with Crippen LogP contribution in [-0.2, 0) is 0 Å². The van der Waals surface area contributed by atoms with Crippen molar-refractivity contribution < 1.29 is 5.11 Å². The average Bonchev–Trinajstić information content (AvgIpc) is 2.59. The second-order valence-electron chi connectivity index (χ2n) is 7.78. The molecule has 0 amide bonds. The quantitative estimate of drug-likeness (QED) is 0.496. The first-order valence-electron chi connectivity index (χ1n) is 11.1. The summed E-state index contributed by atoms with van der Waals surface area (Å²) in [4.78, 5) is 2.47. The van der Waals surface area contributed by atoms with Gasteiger partial charge in [0.1, 0.15) is 0 Å². The molecule has 1 aliphatic rings. The van der Waals surface area contributed by atoms with E-state index in [2.05, 4.69) is 22.5 Å². The molecule has 1 atom stereocenters. The highest BCUT2D eigenvalue weighted by Gasteiger charge is 2.11. The molecule has 0 aliphatic carbocycles. The van der Waals surface area contributed by atoms with Crippen LogP contribution in [0.25, 0.3) is 0 Å².